The number of nitrogens with two attached hydrogens (primary N) is 1. The molecule has 0 aliphatic rings. The van der Waals surface area contributed by atoms with E-state index in [2.05, 4.69) is 4.98 Å². The van der Waals surface area contributed by atoms with Gasteiger partial charge in [-0.25, -0.2) is 8.78 Å². The number of aromatic nitrogens is 1. The molecule has 3 nitrogen and oxygen atoms in total. The van der Waals surface area contributed by atoms with Gasteiger partial charge in [-0.1, -0.05) is 12.1 Å². The number of fused-ring (bicyclic) bond motifs is 1. The van der Waals surface area contributed by atoms with E-state index in [1.807, 2.05) is 6.07 Å². The molecule has 5 heteroatoms. The fraction of sp³-hybridized carbons (Fsp3) is 0. The van der Waals surface area contributed by atoms with Crippen LogP contribution in [0.3, 0.4) is 0 Å². The van der Waals surface area contributed by atoms with E-state index in [0.29, 0.717) is 10.9 Å². The Balaban J connectivity index is 2.15. The van der Waals surface area contributed by atoms with E-state index in [1.54, 1.807) is 18.2 Å². The number of nitrogens with zero attached hydrogens (tertiary/aromatic N) is 1. The lowest BCUT2D eigenvalue weighted by Crippen LogP contribution is -1.97. The standard InChI is InChI=1S/C15H10F2N2O/c16-9-5-6-11(17)14(7-9)20-15-10-3-1-2-4-13(10)19-8-12(15)18/h1-8H,18H2. The molecule has 0 unspecified atom stereocenters. The molecule has 100 valence electrons. The maximum Gasteiger partial charge on any atom is 0.166 e. The Bertz CT molecular complexity index is 790. The van der Waals surface area contributed by atoms with Crippen LogP contribution in [0.25, 0.3) is 10.9 Å². The van der Waals surface area contributed by atoms with Gasteiger partial charge < -0.3 is 10.5 Å². The molecule has 3 aromatic rings. The summed E-state index contributed by atoms with van der Waals surface area (Å²) in [7, 11) is 0. The number of nitrogen functional groups attached to an aromatic ring is 1. The quantitative estimate of drug-likeness (QED) is 0.770. The summed E-state index contributed by atoms with van der Waals surface area (Å²) in [6.45, 7) is 0. The van der Waals surface area contributed by atoms with Crippen molar-refractivity contribution in [3.05, 3.63) is 60.3 Å². The van der Waals surface area contributed by atoms with E-state index in [1.165, 1.54) is 6.20 Å². The average molecular weight is 272 g/mol. The van der Waals surface area contributed by atoms with E-state index in [-0.39, 0.29) is 17.2 Å². The molecular formula is C15H10F2N2O. The highest BCUT2D eigenvalue weighted by molar-refractivity contribution is 5.89. The van der Waals surface area contributed by atoms with Crippen LogP contribution in [0, 0.1) is 11.6 Å². The zero-order valence-corrected chi connectivity index (χ0v) is 10.3. The van der Waals surface area contributed by atoms with Crippen LogP contribution in [0.1, 0.15) is 0 Å². The number of halogens is 2. The topological polar surface area (TPSA) is 48.1 Å². The Hall–Kier alpha value is -2.69. The Morgan fingerprint density at radius 2 is 1.85 bits per heavy atom. The van der Waals surface area contributed by atoms with Crippen molar-refractivity contribution in [2.24, 2.45) is 0 Å². The number of pyridine rings is 1. The van der Waals surface area contributed by atoms with Crippen molar-refractivity contribution in [1.82, 2.24) is 4.98 Å². The van der Waals surface area contributed by atoms with E-state index in [0.717, 1.165) is 18.2 Å². The summed E-state index contributed by atoms with van der Waals surface area (Å²) >= 11 is 0. The molecule has 0 aliphatic heterocycles. The molecule has 2 N–H and O–H groups in total. The summed E-state index contributed by atoms with van der Waals surface area (Å²) in [4.78, 5) is 4.15. The van der Waals surface area contributed by atoms with E-state index >= 15 is 0 Å². The summed E-state index contributed by atoms with van der Waals surface area (Å²) in [5.74, 6) is -1.20. The van der Waals surface area contributed by atoms with Crippen LogP contribution >= 0.6 is 0 Å². The SMILES string of the molecule is Nc1cnc2ccccc2c1Oc1cc(F)ccc1F. The molecule has 20 heavy (non-hydrogen) atoms. The second-order valence-corrected chi connectivity index (χ2v) is 4.24. The van der Waals surface area contributed by atoms with Crippen molar-refractivity contribution in [1.29, 1.82) is 0 Å². The molecule has 0 saturated carbocycles. The second-order valence-electron chi connectivity index (χ2n) is 4.24. The summed E-state index contributed by atoms with van der Waals surface area (Å²) in [5.41, 5.74) is 6.74. The normalized spacial score (nSPS) is 10.7. The van der Waals surface area contributed by atoms with Crippen molar-refractivity contribution < 1.29 is 13.5 Å². The van der Waals surface area contributed by atoms with Gasteiger partial charge in [0, 0.05) is 11.5 Å². The number of hydrogen-bond acceptors (Lipinski definition) is 3. The highest BCUT2D eigenvalue weighted by atomic mass is 19.1. The van der Waals surface area contributed by atoms with Gasteiger partial charge in [0.25, 0.3) is 0 Å². The number of ether oxygens (including phenoxy) is 1. The van der Waals surface area contributed by atoms with Gasteiger partial charge >= 0.3 is 0 Å². The van der Waals surface area contributed by atoms with Crippen LogP contribution in [0.2, 0.25) is 0 Å². The van der Waals surface area contributed by atoms with E-state index in [9.17, 15) is 8.78 Å². The van der Waals surface area contributed by atoms with Gasteiger partial charge in [0.05, 0.1) is 17.4 Å². The molecule has 2 aromatic carbocycles. The minimum Gasteiger partial charge on any atom is -0.451 e. The highest BCUT2D eigenvalue weighted by Gasteiger charge is 2.12. The molecule has 0 aliphatic carbocycles. The van der Waals surface area contributed by atoms with Crippen LogP contribution < -0.4 is 10.5 Å². The Morgan fingerprint density at radius 1 is 1.05 bits per heavy atom. The molecule has 0 radical (unpaired) electrons. The van der Waals surface area contributed by atoms with E-state index in [4.69, 9.17) is 10.5 Å². The predicted molar refractivity (Wildman–Crippen MR) is 72.6 cm³/mol. The third-order valence-electron chi connectivity index (χ3n) is 2.86. The molecule has 1 aromatic heterocycles. The highest BCUT2D eigenvalue weighted by Crippen LogP contribution is 2.35. The van der Waals surface area contributed by atoms with Gasteiger partial charge in [0.1, 0.15) is 5.82 Å². The van der Waals surface area contributed by atoms with Crippen molar-refractivity contribution in [2.45, 2.75) is 0 Å². The lowest BCUT2D eigenvalue weighted by atomic mass is 10.2. The largest absolute Gasteiger partial charge is 0.451 e. The van der Waals surface area contributed by atoms with Crippen molar-refractivity contribution in [2.75, 3.05) is 5.73 Å². The van der Waals surface area contributed by atoms with Crippen LogP contribution in [0.4, 0.5) is 14.5 Å². The lowest BCUT2D eigenvalue weighted by molar-refractivity contribution is 0.442. The van der Waals surface area contributed by atoms with Crippen molar-refractivity contribution >= 4 is 16.6 Å². The first-order chi connectivity index (χ1) is 9.65. The molecule has 0 amide bonds. The maximum atomic E-state index is 13.6. The number of rotatable bonds is 2. The maximum absolute atomic E-state index is 13.6. The first kappa shape index (κ1) is 12.3. The van der Waals surface area contributed by atoms with Crippen molar-refractivity contribution in [3.8, 4) is 11.5 Å². The number of benzene rings is 2. The van der Waals surface area contributed by atoms with Gasteiger partial charge in [-0.15, -0.1) is 0 Å². The molecule has 0 fully saturated rings. The molecule has 3 rings (SSSR count). The van der Waals surface area contributed by atoms with Gasteiger partial charge in [-0.2, -0.15) is 0 Å². The first-order valence-electron chi connectivity index (χ1n) is 5.91. The monoisotopic (exact) mass is 272 g/mol. The zero-order valence-electron chi connectivity index (χ0n) is 10.3. The Morgan fingerprint density at radius 3 is 2.70 bits per heavy atom. The van der Waals surface area contributed by atoms with Crippen LogP contribution in [-0.2, 0) is 0 Å². The Kier molecular flexibility index (Phi) is 2.95. The molecule has 0 spiro atoms. The fourth-order valence-electron chi connectivity index (χ4n) is 1.91. The van der Waals surface area contributed by atoms with Crippen molar-refractivity contribution in [3.63, 3.8) is 0 Å². The molecule has 0 atom stereocenters. The molecule has 0 saturated heterocycles. The van der Waals surface area contributed by atoms with Gasteiger partial charge in [0.15, 0.2) is 17.3 Å². The van der Waals surface area contributed by atoms with Gasteiger partial charge in [0.2, 0.25) is 0 Å². The second kappa shape index (κ2) is 4.77. The summed E-state index contributed by atoms with van der Waals surface area (Å²) in [5, 5.41) is 0.635. The number of anilines is 1. The lowest BCUT2D eigenvalue weighted by Gasteiger charge is -2.11. The number of para-hydroxylation sites is 1. The third-order valence-corrected chi connectivity index (χ3v) is 2.86. The van der Waals surface area contributed by atoms with Crippen LogP contribution in [0.15, 0.2) is 48.7 Å². The molecule has 1 heterocycles. The summed E-state index contributed by atoms with van der Waals surface area (Å²) in [6.07, 6.45) is 1.43. The number of hydrogen-bond donors (Lipinski definition) is 1. The minimum atomic E-state index is -0.660. The van der Waals surface area contributed by atoms with Crippen LogP contribution in [0.5, 0.6) is 11.5 Å². The molecule has 0 bridgehead atoms. The minimum absolute atomic E-state index is 0.215. The summed E-state index contributed by atoms with van der Waals surface area (Å²) < 4.78 is 32.3. The Labute approximate surface area is 113 Å². The zero-order chi connectivity index (χ0) is 14.1. The fourth-order valence-corrected chi connectivity index (χ4v) is 1.91. The van der Waals surface area contributed by atoms with Crippen LogP contribution in [-0.4, -0.2) is 4.98 Å². The molecular weight excluding hydrogens is 262 g/mol. The first-order valence-corrected chi connectivity index (χ1v) is 5.91. The van der Waals surface area contributed by atoms with Gasteiger partial charge in [-0.3, -0.25) is 4.98 Å². The summed E-state index contributed by atoms with van der Waals surface area (Å²) in [6, 6.07) is 10.1. The smallest absolute Gasteiger partial charge is 0.166 e. The van der Waals surface area contributed by atoms with E-state index < -0.39 is 11.6 Å². The average Bonchev–Trinajstić information content (AvgIpc) is 2.46. The third kappa shape index (κ3) is 2.14. The van der Waals surface area contributed by atoms with Gasteiger partial charge in [-0.05, 0) is 24.3 Å². The predicted octanol–water partition coefficient (Wildman–Crippen LogP) is 3.89.